The lowest BCUT2D eigenvalue weighted by Crippen LogP contribution is -2.49. The van der Waals surface area contributed by atoms with Crippen molar-refractivity contribution >= 4 is 0 Å². The van der Waals surface area contributed by atoms with Crippen LogP contribution in [0.1, 0.15) is 6.42 Å². The number of hydrogen-bond donors (Lipinski definition) is 1. The molecule has 1 radical (unpaired) electrons. The molecule has 0 aromatic carbocycles. The molecule has 51 valence electrons. The van der Waals surface area contributed by atoms with E-state index < -0.39 is 5.72 Å². The molecule has 0 amide bonds. The molecule has 0 aliphatic carbocycles. The van der Waals surface area contributed by atoms with E-state index in [4.69, 9.17) is 0 Å². The summed E-state index contributed by atoms with van der Waals surface area (Å²) in [5, 5.41) is 14.7. The SMILES string of the molecule is CN1CC2CC1([O])CN2. The third-order valence-corrected chi connectivity index (χ3v) is 2.42. The van der Waals surface area contributed by atoms with Crippen molar-refractivity contribution in [3.05, 3.63) is 0 Å². The third kappa shape index (κ3) is 0.625. The first-order valence-electron chi connectivity index (χ1n) is 3.36. The largest absolute Gasteiger partial charge is 0.308 e. The monoisotopic (exact) mass is 127 g/mol. The second-order valence-corrected chi connectivity index (χ2v) is 3.11. The first-order valence-corrected chi connectivity index (χ1v) is 3.36. The van der Waals surface area contributed by atoms with Gasteiger partial charge in [0.05, 0.1) is 0 Å². The van der Waals surface area contributed by atoms with Crippen LogP contribution in [0.15, 0.2) is 0 Å². The van der Waals surface area contributed by atoms with Gasteiger partial charge in [0.1, 0.15) is 0 Å². The van der Waals surface area contributed by atoms with Gasteiger partial charge >= 0.3 is 0 Å². The van der Waals surface area contributed by atoms with Crippen LogP contribution in [0, 0.1) is 0 Å². The van der Waals surface area contributed by atoms with Gasteiger partial charge in [-0.05, 0) is 7.05 Å². The van der Waals surface area contributed by atoms with Crippen LogP contribution in [-0.4, -0.2) is 36.8 Å². The minimum absolute atomic E-state index is 0.479. The quantitative estimate of drug-likeness (QED) is 0.472. The summed E-state index contributed by atoms with van der Waals surface area (Å²) in [6.07, 6.45) is 0.795. The molecule has 0 spiro atoms. The molecule has 2 bridgehead atoms. The van der Waals surface area contributed by atoms with E-state index in [9.17, 15) is 5.11 Å². The maximum atomic E-state index is 11.5. The number of nitrogens with one attached hydrogen (secondary N) is 1. The topological polar surface area (TPSA) is 35.2 Å². The fraction of sp³-hybridized carbons (Fsp3) is 1.00. The van der Waals surface area contributed by atoms with E-state index in [1.807, 2.05) is 11.9 Å². The number of piperazine rings is 1. The maximum absolute atomic E-state index is 11.5. The molecule has 1 N–H and O–H groups in total. The van der Waals surface area contributed by atoms with Crippen LogP contribution in [0.3, 0.4) is 0 Å². The molecule has 9 heavy (non-hydrogen) atoms. The summed E-state index contributed by atoms with van der Waals surface area (Å²) in [7, 11) is 1.91. The highest BCUT2D eigenvalue weighted by molar-refractivity contribution is 5.00. The molecule has 2 unspecified atom stereocenters. The Morgan fingerprint density at radius 2 is 2.56 bits per heavy atom. The van der Waals surface area contributed by atoms with Crippen molar-refractivity contribution in [2.45, 2.75) is 18.2 Å². The third-order valence-electron chi connectivity index (χ3n) is 2.42. The minimum atomic E-state index is -0.759. The molecule has 2 atom stereocenters. The molecule has 0 saturated carbocycles. The summed E-state index contributed by atoms with van der Waals surface area (Å²) in [5.74, 6) is 0. The van der Waals surface area contributed by atoms with Crippen LogP contribution in [0.4, 0.5) is 0 Å². The van der Waals surface area contributed by atoms with Crippen LogP contribution >= 0.6 is 0 Å². The molecule has 3 heteroatoms. The average Bonchev–Trinajstić information content (AvgIpc) is 2.22. The highest BCUT2D eigenvalue weighted by Crippen LogP contribution is 2.30. The zero-order chi connectivity index (χ0) is 6.48. The van der Waals surface area contributed by atoms with Crippen LogP contribution < -0.4 is 5.32 Å². The Morgan fingerprint density at radius 3 is 2.78 bits per heavy atom. The zero-order valence-electron chi connectivity index (χ0n) is 5.55. The van der Waals surface area contributed by atoms with E-state index in [0.29, 0.717) is 12.6 Å². The van der Waals surface area contributed by atoms with E-state index in [1.165, 1.54) is 0 Å². The first-order chi connectivity index (χ1) is 4.21. The van der Waals surface area contributed by atoms with Gasteiger partial charge in [-0.2, -0.15) is 0 Å². The first kappa shape index (κ1) is 5.65. The van der Waals surface area contributed by atoms with E-state index in [1.54, 1.807) is 0 Å². The number of likely N-dealkylation sites (N-methyl/N-ethyl adjacent to an activating group) is 1. The second-order valence-electron chi connectivity index (χ2n) is 3.11. The van der Waals surface area contributed by atoms with Crippen LogP contribution in [0.2, 0.25) is 0 Å². The molecule has 0 aromatic heterocycles. The van der Waals surface area contributed by atoms with Gasteiger partial charge in [0.25, 0.3) is 0 Å². The van der Waals surface area contributed by atoms with Gasteiger partial charge in [-0.1, -0.05) is 0 Å². The van der Waals surface area contributed by atoms with E-state index in [-0.39, 0.29) is 0 Å². The van der Waals surface area contributed by atoms with Crippen molar-refractivity contribution in [2.24, 2.45) is 0 Å². The maximum Gasteiger partial charge on any atom is 0.170 e. The predicted molar refractivity (Wildman–Crippen MR) is 32.5 cm³/mol. The van der Waals surface area contributed by atoms with Gasteiger partial charge in [-0.25, -0.2) is 5.11 Å². The summed E-state index contributed by atoms with van der Waals surface area (Å²) >= 11 is 0. The Hall–Kier alpha value is -0.120. The Labute approximate surface area is 54.7 Å². The van der Waals surface area contributed by atoms with Crippen molar-refractivity contribution in [2.75, 3.05) is 20.1 Å². The molecular formula is C6H11N2O. The Morgan fingerprint density at radius 1 is 1.78 bits per heavy atom. The van der Waals surface area contributed by atoms with Crippen LogP contribution in [0.25, 0.3) is 0 Å². The van der Waals surface area contributed by atoms with Crippen molar-refractivity contribution in [1.29, 1.82) is 0 Å². The van der Waals surface area contributed by atoms with Gasteiger partial charge in [0.2, 0.25) is 0 Å². The summed E-state index contributed by atoms with van der Waals surface area (Å²) in [6.45, 7) is 1.57. The van der Waals surface area contributed by atoms with Crippen molar-refractivity contribution < 1.29 is 5.11 Å². The highest BCUT2D eigenvalue weighted by Gasteiger charge is 2.49. The summed E-state index contributed by atoms with van der Waals surface area (Å²) in [5.41, 5.74) is -0.759. The molecule has 0 aromatic rings. The number of fused-ring (bicyclic) bond motifs is 2. The zero-order valence-corrected chi connectivity index (χ0v) is 5.55. The minimum Gasteiger partial charge on any atom is -0.308 e. The standard InChI is InChI=1S/C6H11N2O/c1-8-3-5-2-6(8,9)4-7-5/h5,7H,2-4H2,1H3. The summed E-state index contributed by atoms with van der Waals surface area (Å²) in [4.78, 5) is 1.91. The Kier molecular flexibility index (Phi) is 0.928. The number of rotatable bonds is 0. The van der Waals surface area contributed by atoms with Crippen molar-refractivity contribution in [3.8, 4) is 0 Å². The molecule has 2 aliphatic rings. The average molecular weight is 127 g/mol. The highest BCUT2D eigenvalue weighted by atomic mass is 16.3. The number of hydrogen-bond acceptors (Lipinski definition) is 2. The van der Waals surface area contributed by atoms with Crippen molar-refractivity contribution in [1.82, 2.24) is 10.2 Å². The van der Waals surface area contributed by atoms with Crippen molar-refractivity contribution in [3.63, 3.8) is 0 Å². The summed E-state index contributed by atoms with van der Waals surface area (Å²) in [6, 6.07) is 0.479. The molecular weight excluding hydrogens is 116 g/mol. The van der Waals surface area contributed by atoms with Gasteiger partial charge < -0.3 is 5.32 Å². The molecule has 2 heterocycles. The fourth-order valence-corrected chi connectivity index (χ4v) is 1.75. The van der Waals surface area contributed by atoms with Gasteiger partial charge in [-0.15, -0.1) is 0 Å². The smallest absolute Gasteiger partial charge is 0.170 e. The molecule has 3 nitrogen and oxygen atoms in total. The second kappa shape index (κ2) is 1.48. The van der Waals surface area contributed by atoms with Crippen LogP contribution in [0.5, 0.6) is 0 Å². The fourth-order valence-electron chi connectivity index (χ4n) is 1.75. The molecule has 2 aliphatic heterocycles. The Balaban J connectivity index is 2.22. The van der Waals surface area contributed by atoms with Gasteiger partial charge in [0.15, 0.2) is 5.72 Å². The van der Waals surface area contributed by atoms with E-state index in [2.05, 4.69) is 5.32 Å². The molecule has 2 saturated heterocycles. The van der Waals surface area contributed by atoms with Crippen LogP contribution in [-0.2, 0) is 5.11 Å². The molecule has 2 fully saturated rings. The number of nitrogens with zero attached hydrogens (tertiary/aromatic N) is 1. The van der Waals surface area contributed by atoms with Gasteiger partial charge in [0, 0.05) is 25.6 Å². The normalized spacial score (nSPS) is 50.7. The van der Waals surface area contributed by atoms with E-state index in [0.717, 1.165) is 13.0 Å². The molecule has 2 rings (SSSR count). The lowest BCUT2D eigenvalue weighted by atomic mass is 10.2. The number of likely N-dealkylation sites (tertiary alicyclic amines) is 1. The van der Waals surface area contributed by atoms with Gasteiger partial charge in [-0.3, -0.25) is 4.90 Å². The Bertz CT molecular complexity index is 139. The van der Waals surface area contributed by atoms with E-state index >= 15 is 0 Å². The lowest BCUT2D eigenvalue weighted by molar-refractivity contribution is -0.112. The summed E-state index contributed by atoms with van der Waals surface area (Å²) < 4.78 is 0. The lowest BCUT2D eigenvalue weighted by Gasteiger charge is -2.28. The predicted octanol–water partition coefficient (Wildman–Crippen LogP) is -0.579.